The third-order valence-corrected chi connectivity index (χ3v) is 4.31. The van der Waals surface area contributed by atoms with Crippen molar-refractivity contribution in [3.63, 3.8) is 0 Å². The molecule has 0 aliphatic rings. The number of carbonyl (C=O) groups excluding carboxylic acids is 1. The largest absolute Gasteiger partial charge is 0.458 e. The number of hydroxylamine groups is 1. The Bertz CT molecular complexity index is 939. The van der Waals surface area contributed by atoms with E-state index < -0.39 is 5.91 Å². The lowest BCUT2D eigenvalue weighted by Gasteiger charge is -2.19. The maximum absolute atomic E-state index is 11.1. The molecular weight excluding hydrogens is 332 g/mol. The molecule has 1 aromatic carbocycles. The number of nitrogens with one attached hydrogen (secondary N) is 1. The highest BCUT2D eigenvalue weighted by atomic mass is 16.5. The summed E-state index contributed by atoms with van der Waals surface area (Å²) in [4.78, 5) is 11.1. The van der Waals surface area contributed by atoms with Crippen LogP contribution in [0.5, 0.6) is 0 Å². The van der Waals surface area contributed by atoms with E-state index in [-0.39, 0.29) is 12.0 Å². The third kappa shape index (κ3) is 3.39. The number of rotatable bonds is 6. The molecule has 3 rings (SSSR count). The van der Waals surface area contributed by atoms with Gasteiger partial charge < -0.3 is 4.42 Å². The molecule has 2 aromatic heterocycles. The van der Waals surface area contributed by atoms with Gasteiger partial charge in [-0.3, -0.25) is 10.0 Å². The molecule has 1 amide bonds. The molecule has 136 valence electrons. The van der Waals surface area contributed by atoms with Gasteiger partial charge in [-0.25, -0.2) is 10.2 Å². The number of aromatic nitrogens is 3. The van der Waals surface area contributed by atoms with Gasteiger partial charge in [0.25, 0.3) is 5.91 Å². The molecular formula is C19H22N4O3. The number of para-hydroxylation sites is 1. The lowest BCUT2D eigenvalue weighted by Crippen LogP contribution is -2.18. The van der Waals surface area contributed by atoms with Crippen molar-refractivity contribution in [3.05, 3.63) is 53.6 Å². The molecule has 3 aromatic rings. The van der Waals surface area contributed by atoms with E-state index in [1.165, 1.54) is 17.7 Å². The first-order chi connectivity index (χ1) is 12.5. The topological polar surface area (TPSA) is 93.2 Å². The summed E-state index contributed by atoms with van der Waals surface area (Å²) in [6.07, 6.45) is 5.30. The highest BCUT2D eigenvalue weighted by molar-refractivity contribution is 5.90. The van der Waals surface area contributed by atoms with Gasteiger partial charge in [-0.05, 0) is 24.5 Å². The maximum Gasteiger partial charge on any atom is 0.267 e. The molecule has 7 nitrogen and oxygen atoms in total. The summed E-state index contributed by atoms with van der Waals surface area (Å²) in [5, 5.41) is 18.0. The second-order valence-corrected chi connectivity index (χ2v) is 6.42. The van der Waals surface area contributed by atoms with Crippen molar-refractivity contribution in [3.8, 4) is 0 Å². The van der Waals surface area contributed by atoms with E-state index in [2.05, 4.69) is 37.1 Å². The predicted octanol–water partition coefficient (Wildman–Crippen LogP) is 3.35. The van der Waals surface area contributed by atoms with Gasteiger partial charge in [-0.15, -0.1) is 5.10 Å². The Morgan fingerprint density at radius 2 is 2.15 bits per heavy atom. The van der Waals surface area contributed by atoms with Crippen molar-refractivity contribution in [1.29, 1.82) is 0 Å². The second-order valence-electron chi connectivity index (χ2n) is 6.42. The molecule has 0 bridgehead atoms. The smallest absolute Gasteiger partial charge is 0.267 e. The van der Waals surface area contributed by atoms with E-state index in [9.17, 15) is 4.79 Å². The molecule has 0 aliphatic heterocycles. The minimum atomic E-state index is -0.620. The lowest BCUT2D eigenvalue weighted by atomic mass is 9.96. The number of nitrogens with zero attached hydrogens (tertiary/aromatic N) is 3. The number of aryl methyl sites for hydroxylation is 1. The van der Waals surface area contributed by atoms with Gasteiger partial charge in [0.05, 0.1) is 6.20 Å². The van der Waals surface area contributed by atoms with Crippen molar-refractivity contribution >= 4 is 23.0 Å². The number of fused-ring (bicyclic) bond motifs is 1. The van der Waals surface area contributed by atoms with Gasteiger partial charge in [0.2, 0.25) is 0 Å². The second kappa shape index (κ2) is 7.53. The summed E-state index contributed by atoms with van der Waals surface area (Å²) in [6, 6.07) is 7.90. The molecule has 1 unspecified atom stereocenters. The minimum absolute atomic E-state index is 0.112. The van der Waals surface area contributed by atoms with E-state index in [0.29, 0.717) is 5.69 Å². The Kier molecular flexibility index (Phi) is 5.18. The van der Waals surface area contributed by atoms with Crippen LogP contribution in [0.2, 0.25) is 0 Å². The molecule has 1 atom stereocenters. The standard InChI is InChI=1S/C19H22N4O3/c1-4-14-15-7-5-6-8-16(15)26-19(14)18(12(2)3)23-11-13(20-22-23)9-10-17(24)21-25/h5-12,18,25H,4H2,1-3H3,(H,21,24). The maximum atomic E-state index is 11.1. The van der Waals surface area contributed by atoms with Gasteiger partial charge in [0.1, 0.15) is 23.1 Å². The van der Waals surface area contributed by atoms with Gasteiger partial charge in [0, 0.05) is 17.0 Å². The SMILES string of the molecule is CCc1c(C(C(C)C)n2cc(C=CC(=O)NO)nn2)oc2ccccc12. The van der Waals surface area contributed by atoms with Crippen LogP contribution >= 0.6 is 0 Å². The Labute approximate surface area is 151 Å². The fourth-order valence-electron chi connectivity index (χ4n) is 3.15. The molecule has 0 saturated carbocycles. The molecule has 26 heavy (non-hydrogen) atoms. The first-order valence-electron chi connectivity index (χ1n) is 8.59. The van der Waals surface area contributed by atoms with Gasteiger partial charge in [-0.1, -0.05) is 44.2 Å². The Morgan fingerprint density at radius 1 is 1.38 bits per heavy atom. The number of furan rings is 1. The number of carbonyl (C=O) groups is 1. The van der Waals surface area contributed by atoms with E-state index in [4.69, 9.17) is 9.62 Å². The van der Waals surface area contributed by atoms with Crippen LogP contribution in [-0.2, 0) is 11.2 Å². The summed E-state index contributed by atoms with van der Waals surface area (Å²) in [7, 11) is 0. The number of benzene rings is 1. The molecule has 0 radical (unpaired) electrons. The first-order valence-corrected chi connectivity index (χ1v) is 8.59. The van der Waals surface area contributed by atoms with Crippen LogP contribution in [0.25, 0.3) is 17.0 Å². The van der Waals surface area contributed by atoms with Crippen molar-refractivity contribution < 1.29 is 14.4 Å². The zero-order chi connectivity index (χ0) is 18.7. The van der Waals surface area contributed by atoms with E-state index in [0.717, 1.165) is 23.2 Å². The molecule has 0 spiro atoms. The predicted molar refractivity (Wildman–Crippen MR) is 97.6 cm³/mol. The fraction of sp³-hybridized carbons (Fsp3) is 0.316. The van der Waals surface area contributed by atoms with E-state index >= 15 is 0 Å². The average Bonchev–Trinajstić information content (AvgIpc) is 3.24. The van der Waals surface area contributed by atoms with Crippen LogP contribution in [0, 0.1) is 5.92 Å². The van der Waals surface area contributed by atoms with Gasteiger partial charge in [0.15, 0.2) is 0 Å². The van der Waals surface area contributed by atoms with Crippen molar-refractivity contribution in [2.75, 3.05) is 0 Å². The number of hydrogen-bond donors (Lipinski definition) is 2. The molecule has 7 heteroatoms. The number of amides is 1. The number of hydrogen-bond acceptors (Lipinski definition) is 5. The zero-order valence-corrected chi connectivity index (χ0v) is 15.0. The molecule has 0 aliphatic carbocycles. The van der Waals surface area contributed by atoms with Crippen LogP contribution in [-0.4, -0.2) is 26.1 Å². The van der Waals surface area contributed by atoms with Crippen molar-refractivity contribution in [2.45, 2.75) is 33.2 Å². The quantitative estimate of drug-likeness (QED) is 0.402. The summed E-state index contributed by atoms with van der Waals surface area (Å²) in [5.41, 5.74) is 4.10. The third-order valence-electron chi connectivity index (χ3n) is 4.31. The monoisotopic (exact) mass is 354 g/mol. The highest BCUT2D eigenvalue weighted by Crippen LogP contribution is 2.35. The van der Waals surface area contributed by atoms with Gasteiger partial charge in [-0.2, -0.15) is 0 Å². The molecule has 2 N–H and O–H groups in total. The Hall–Kier alpha value is -2.93. The minimum Gasteiger partial charge on any atom is -0.458 e. The Morgan fingerprint density at radius 3 is 2.85 bits per heavy atom. The highest BCUT2D eigenvalue weighted by Gasteiger charge is 2.27. The average molecular weight is 354 g/mol. The Balaban J connectivity index is 2.02. The van der Waals surface area contributed by atoms with Crippen LogP contribution in [0.4, 0.5) is 0 Å². The van der Waals surface area contributed by atoms with Gasteiger partial charge >= 0.3 is 0 Å². The first kappa shape index (κ1) is 17.9. The van der Waals surface area contributed by atoms with Crippen LogP contribution in [0.3, 0.4) is 0 Å². The summed E-state index contributed by atoms with van der Waals surface area (Å²) in [6.45, 7) is 6.32. The van der Waals surface area contributed by atoms with Crippen molar-refractivity contribution in [1.82, 2.24) is 20.5 Å². The summed E-state index contributed by atoms with van der Waals surface area (Å²) >= 11 is 0. The summed E-state index contributed by atoms with van der Waals surface area (Å²) < 4.78 is 7.95. The molecule has 0 saturated heterocycles. The lowest BCUT2D eigenvalue weighted by molar-refractivity contribution is -0.124. The van der Waals surface area contributed by atoms with E-state index in [1.54, 1.807) is 16.4 Å². The molecule has 0 fully saturated rings. The summed E-state index contributed by atoms with van der Waals surface area (Å²) in [5.74, 6) is 0.489. The van der Waals surface area contributed by atoms with Crippen LogP contribution in [0.15, 0.2) is 41.0 Å². The van der Waals surface area contributed by atoms with Crippen molar-refractivity contribution in [2.24, 2.45) is 5.92 Å². The van der Waals surface area contributed by atoms with Crippen LogP contribution < -0.4 is 5.48 Å². The normalized spacial score (nSPS) is 13.0. The molecule has 2 heterocycles. The zero-order valence-electron chi connectivity index (χ0n) is 15.0. The van der Waals surface area contributed by atoms with E-state index in [1.807, 2.05) is 18.2 Å². The fourth-order valence-corrected chi connectivity index (χ4v) is 3.15. The van der Waals surface area contributed by atoms with Crippen LogP contribution in [0.1, 0.15) is 43.8 Å².